The fraction of sp³-hybridized carbons (Fsp3) is 1.00. The van der Waals surface area contributed by atoms with Gasteiger partial charge in [-0.1, -0.05) is 13.8 Å². The van der Waals surface area contributed by atoms with Gasteiger partial charge in [0.15, 0.2) is 0 Å². The summed E-state index contributed by atoms with van der Waals surface area (Å²) in [6.07, 6.45) is 5.23. The second-order valence-corrected chi connectivity index (χ2v) is 4.46. The minimum atomic E-state index is 0.709. The Morgan fingerprint density at radius 2 is 2.14 bits per heavy atom. The number of ether oxygens (including phenoxy) is 1. The molecule has 2 heteroatoms. The van der Waals surface area contributed by atoms with Gasteiger partial charge in [0.05, 0.1) is 6.61 Å². The van der Waals surface area contributed by atoms with Crippen LogP contribution in [-0.4, -0.2) is 26.3 Å². The molecule has 84 valence electrons. The number of rotatable bonds is 9. The lowest BCUT2D eigenvalue weighted by atomic mass is 10.1. The van der Waals surface area contributed by atoms with Crippen molar-refractivity contribution in [2.75, 3.05) is 26.3 Å². The molecule has 0 aromatic rings. The van der Waals surface area contributed by atoms with E-state index in [-0.39, 0.29) is 0 Å². The standard InChI is InChI=1S/C12H25NO/c1-3-7-13-8-11(4-2)9-14-10-12-5-6-12/h11-13H,3-10H2,1-2H3. The van der Waals surface area contributed by atoms with Crippen molar-refractivity contribution in [3.63, 3.8) is 0 Å². The summed E-state index contributed by atoms with van der Waals surface area (Å²) in [5.74, 6) is 1.61. The Labute approximate surface area is 88.4 Å². The van der Waals surface area contributed by atoms with E-state index in [0.717, 1.165) is 32.2 Å². The van der Waals surface area contributed by atoms with Crippen molar-refractivity contribution in [1.82, 2.24) is 5.32 Å². The fourth-order valence-electron chi connectivity index (χ4n) is 1.49. The lowest BCUT2D eigenvalue weighted by Crippen LogP contribution is -2.26. The molecule has 0 heterocycles. The van der Waals surface area contributed by atoms with E-state index in [1.54, 1.807) is 0 Å². The maximum Gasteiger partial charge on any atom is 0.0506 e. The zero-order chi connectivity index (χ0) is 10.2. The van der Waals surface area contributed by atoms with Crippen molar-refractivity contribution in [3.8, 4) is 0 Å². The molecule has 1 saturated carbocycles. The van der Waals surface area contributed by atoms with E-state index >= 15 is 0 Å². The van der Waals surface area contributed by atoms with Crippen molar-refractivity contribution in [3.05, 3.63) is 0 Å². The molecular formula is C12H25NO. The van der Waals surface area contributed by atoms with Gasteiger partial charge in [0.1, 0.15) is 0 Å². The van der Waals surface area contributed by atoms with Gasteiger partial charge in [-0.15, -0.1) is 0 Å². The third-order valence-corrected chi connectivity index (χ3v) is 2.84. The SMILES string of the molecule is CCCNCC(CC)COCC1CC1. The number of nitrogens with one attached hydrogen (secondary N) is 1. The van der Waals surface area contributed by atoms with Crippen molar-refractivity contribution < 1.29 is 4.74 Å². The zero-order valence-corrected chi connectivity index (χ0v) is 9.72. The summed E-state index contributed by atoms with van der Waals surface area (Å²) in [6.45, 7) is 8.67. The third-order valence-electron chi connectivity index (χ3n) is 2.84. The van der Waals surface area contributed by atoms with Gasteiger partial charge in [-0.25, -0.2) is 0 Å². The molecular weight excluding hydrogens is 174 g/mol. The normalized spacial score (nSPS) is 18.4. The minimum absolute atomic E-state index is 0.709. The lowest BCUT2D eigenvalue weighted by Gasteiger charge is -2.15. The molecule has 0 saturated heterocycles. The molecule has 1 unspecified atom stereocenters. The van der Waals surface area contributed by atoms with E-state index in [4.69, 9.17) is 4.74 Å². The first-order valence-electron chi connectivity index (χ1n) is 6.15. The van der Waals surface area contributed by atoms with E-state index in [1.807, 2.05) is 0 Å². The molecule has 1 aliphatic carbocycles. The van der Waals surface area contributed by atoms with Crippen LogP contribution in [-0.2, 0) is 4.74 Å². The highest BCUT2D eigenvalue weighted by Gasteiger charge is 2.21. The third kappa shape index (κ3) is 5.61. The Balaban J connectivity index is 1.92. The highest BCUT2D eigenvalue weighted by molar-refractivity contribution is 4.72. The Kier molecular flexibility index (Phi) is 6.20. The molecule has 0 amide bonds. The average molecular weight is 199 g/mol. The predicted octanol–water partition coefficient (Wildman–Crippen LogP) is 2.44. The molecule has 0 aromatic heterocycles. The van der Waals surface area contributed by atoms with Crippen LogP contribution in [0.25, 0.3) is 0 Å². The van der Waals surface area contributed by atoms with E-state index in [2.05, 4.69) is 19.2 Å². The first kappa shape index (κ1) is 12.0. The van der Waals surface area contributed by atoms with E-state index in [0.29, 0.717) is 5.92 Å². The Bertz CT molecular complexity index is 134. The van der Waals surface area contributed by atoms with Gasteiger partial charge in [-0.3, -0.25) is 0 Å². The van der Waals surface area contributed by atoms with Crippen molar-refractivity contribution >= 4 is 0 Å². The Morgan fingerprint density at radius 3 is 2.71 bits per heavy atom. The minimum Gasteiger partial charge on any atom is -0.381 e. The molecule has 0 aliphatic heterocycles. The van der Waals surface area contributed by atoms with Crippen LogP contribution in [0.5, 0.6) is 0 Å². The van der Waals surface area contributed by atoms with Crippen molar-refractivity contribution in [2.45, 2.75) is 39.5 Å². The average Bonchev–Trinajstić information content (AvgIpc) is 2.99. The highest BCUT2D eigenvalue weighted by atomic mass is 16.5. The summed E-state index contributed by atoms with van der Waals surface area (Å²) >= 11 is 0. The summed E-state index contributed by atoms with van der Waals surface area (Å²) < 4.78 is 5.70. The zero-order valence-electron chi connectivity index (χ0n) is 9.72. The number of hydrogen-bond acceptors (Lipinski definition) is 2. The van der Waals surface area contributed by atoms with Gasteiger partial charge in [0, 0.05) is 13.2 Å². The van der Waals surface area contributed by atoms with Gasteiger partial charge in [0.2, 0.25) is 0 Å². The first-order valence-corrected chi connectivity index (χ1v) is 6.15. The summed E-state index contributed by atoms with van der Waals surface area (Å²) in [6, 6.07) is 0. The number of hydrogen-bond donors (Lipinski definition) is 1. The van der Waals surface area contributed by atoms with Crippen LogP contribution >= 0.6 is 0 Å². The van der Waals surface area contributed by atoms with Crippen LogP contribution < -0.4 is 5.32 Å². The van der Waals surface area contributed by atoms with Crippen LogP contribution in [0.1, 0.15) is 39.5 Å². The summed E-state index contributed by atoms with van der Waals surface area (Å²) in [7, 11) is 0. The maximum absolute atomic E-state index is 5.70. The first-order chi connectivity index (χ1) is 6.86. The Hall–Kier alpha value is -0.0800. The maximum atomic E-state index is 5.70. The fourth-order valence-corrected chi connectivity index (χ4v) is 1.49. The molecule has 1 N–H and O–H groups in total. The molecule has 1 rings (SSSR count). The highest BCUT2D eigenvalue weighted by Crippen LogP contribution is 2.28. The van der Waals surface area contributed by atoms with Crippen molar-refractivity contribution in [2.24, 2.45) is 11.8 Å². The Morgan fingerprint density at radius 1 is 1.36 bits per heavy atom. The van der Waals surface area contributed by atoms with Crippen LogP contribution in [0.4, 0.5) is 0 Å². The summed E-state index contributed by atoms with van der Waals surface area (Å²) in [4.78, 5) is 0. The van der Waals surface area contributed by atoms with Gasteiger partial charge >= 0.3 is 0 Å². The molecule has 1 aliphatic rings. The lowest BCUT2D eigenvalue weighted by molar-refractivity contribution is 0.0895. The molecule has 2 nitrogen and oxygen atoms in total. The van der Waals surface area contributed by atoms with Gasteiger partial charge < -0.3 is 10.1 Å². The second-order valence-electron chi connectivity index (χ2n) is 4.46. The van der Waals surface area contributed by atoms with E-state index in [9.17, 15) is 0 Å². The summed E-state index contributed by atoms with van der Waals surface area (Å²) in [5.41, 5.74) is 0. The largest absolute Gasteiger partial charge is 0.381 e. The molecule has 0 aromatic carbocycles. The quantitative estimate of drug-likeness (QED) is 0.576. The van der Waals surface area contributed by atoms with E-state index in [1.165, 1.54) is 25.7 Å². The molecule has 1 atom stereocenters. The smallest absolute Gasteiger partial charge is 0.0506 e. The molecule has 1 fully saturated rings. The van der Waals surface area contributed by atoms with Gasteiger partial charge in [-0.2, -0.15) is 0 Å². The van der Waals surface area contributed by atoms with Gasteiger partial charge in [-0.05, 0) is 44.1 Å². The predicted molar refractivity (Wildman–Crippen MR) is 60.5 cm³/mol. The summed E-state index contributed by atoms with van der Waals surface area (Å²) in [5, 5.41) is 3.46. The second kappa shape index (κ2) is 7.24. The molecule has 0 radical (unpaired) electrons. The van der Waals surface area contributed by atoms with Gasteiger partial charge in [0.25, 0.3) is 0 Å². The van der Waals surface area contributed by atoms with Crippen LogP contribution in [0.15, 0.2) is 0 Å². The molecule has 0 spiro atoms. The monoisotopic (exact) mass is 199 g/mol. The molecule has 14 heavy (non-hydrogen) atoms. The van der Waals surface area contributed by atoms with E-state index < -0.39 is 0 Å². The molecule has 0 bridgehead atoms. The van der Waals surface area contributed by atoms with Crippen LogP contribution in [0, 0.1) is 11.8 Å². The topological polar surface area (TPSA) is 21.3 Å². The van der Waals surface area contributed by atoms with Crippen LogP contribution in [0.2, 0.25) is 0 Å². The van der Waals surface area contributed by atoms with Crippen LogP contribution in [0.3, 0.4) is 0 Å². The van der Waals surface area contributed by atoms with Crippen molar-refractivity contribution in [1.29, 1.82) is 0 Å².